The van der Waals surface area contributed by atoms with Crippen LogP contribution in [0.2, 0.25) is 0 Å². The second-order valence-corrected chi connectivity index (χ2v) is 5.56. The summed E-state index contributed by atoms with van der Waals surface area (Å²) < 4.78 is 13.1. The lowest BCUT2D eigenvalue weighted by Gasteiger charge is -2.38. The fourth-order valence-corrected chi connectivity index (χ4v) is 2.93. The van der Waals surface area contributed by atoms with Crippen LogP contribution < -0.4 is 4.90 Å². The first-order valence-corrected chi connectivity index (χ1v) is 7.92. The maximum atomic E-state index is 13.1. The molecule has 0 saturated carbocycles. The third kappa shape index (κ3) is 3.64. The molecule has 2 amide bonds. The summed E-state index contributed by atoms with van der Waals surface area (Å²) in [5, 5.41) is 0. The van der Waals surface area contributed by atoms with Gasteiger partial charge in [-0.2, -0.15) is 0 Å². The number of rotatable bonds is 4. The van der Waals surface area contributed by atoms with Crippen molar-refractivity contribution in [3.05, 3.63) is 30.1 Å². The van der Waals surface area contributed by atoms with Crippen LogP contribution in [0.25, 0.3) is 0 Å². The Morgan fingerprint density at radius 3 is 2.23 bits per heavy atom. The maximum absolute atomic E-state index is 13.1. The molecule has 1 aliphatic rings. The highest BCUT2D eigenvalue weighted by Gasteiger charge is 2.29. The van der Waals surface area contributed by atoms with Gasteiger partial charge in [0.1, 0.15) is 5.82 Å². The summed E-state index contributed by atoms with van der Waals surface area (Å²) in [5.41, 5.74) is 0.730. The van der Waals surface area contributed by atoms with Crippen LogP contribution in [0, 0.1) is 5.82 Å². The van der Waals surface area contributed by atoms with Crippen LogP contribution in [0.1, 0.15) is 39.5 Å². The number of halogens is 1. The fraction of sp³-hybridized carbons (Fsp3) is 0.529. The molecule has 0 unspecified atom stereocenters. The van der Waals surface area contributed by atoms with E-state index in [0.717, 1.165) is 18.5 Å². The lowest BCUT2D eigenvalue weighted by molar-refractivity contribution is -0.131. The minimum atomic E-state index is -0.309. The molecule has 1 aliphatic heterocycles. The molecule has 1 aromatic carbocycles. The number of piperidine rings is 1. The van der Waals surface area contributed by atoms with Crippen molar-refractivity contribution in [2.75, 3.05) is 18.0 Å². The Kier molecular flexibility index (Phi) is 5.52. The molecule has 0 N–H and O–H groups in total. The normalized spacial score (nSPS) is 15.7. The predicted octanol–water partition coefficient (Wildman–Crippen LogP) is 2.97. The lowest BCUT2D eigenvalue weighted by atomic mass is 10.0. The van der Waals surface area contributed by atoms with Gasteiger partial charge < -0.3 is 9.80 Å². The van der Waals surface area contributed by atoms with E-state index < -0.39 is 0 Å². The number of anilines is 1. The summed E-state index contributed by atoms with van der Waals surface area (Å²) in [6, 6.07) is 6.11. The average molecular weight is 306 g/mol. The molecule has 0 aliphatic carbocycles. The van der Waals surface area contributed by atoms with Crippen LogP contribution in [0.15, 0.2) is 24.3 Å². The van der Waals surface area contributed by atoms with Crippen molar-refractivity contribution < 1.29 is 14.0 Å². The first kappa shape index (κ1) is 16.5. The van der Waals surface area contributed by atoms with Crippen molar-refractivity contribution in [3.8, 4) is 0 Å². The van der Waals surface area contributed by atoms with E-state index in [-0.39, 0.29) is 23.7 Å². The van der Waals surface area contributed by atoms with Gasteiger partial charge in [-0.25, -0.2) is 4.39 Å². The van der Waals surface area contributed by atoms with Crippen molar-refractivity contribution >= 4 is 17.5 Å². The van der Waals surface area contributed by atoms with E-state index in [1.807, 2.05) is 18.7 Å². The van der Waals surface area contributed by atoms with Crippen LogP contribution >= 0.6 is 0 Å². The van der Waals surface area contributed by atoms with E-state index in [4.69, 9.17) is 0 Å². The van der Waals surface area contributed by atoms with Gasteiger partial charge in [0.2, 0.25) is 11.8 Å². The van der Waals surface area contributed by atoms with Gasteiger partial charge in [-0.15, -0.1) is 0 Å². The average Bonchev–Trinajstić information content (AvgIpc) is 2.56. The molecule has 1 aromatic rings. The minimum absolute atomic E-state index is 0.0341. The van der Waals surface area contributed by atoms with E-state index in [0.29, 0.717) is 25.9 Å². The van der Waals surface area contributed by atoms with Gasteiger partial charge in [0, 0.05) is 37.7 Å². The number of amides is 2. The topological polar surface area (TPSA) is 40.6 Å². The van der Waals surface area contributed by atoms with Gasteiger partial charge in [0.25, 0.3) is 0 Å². The minimum Gasteiger partial charge on any atom is -0.343 e. The molecule has 0 bridgehead atoms. The molecule has 1 saturated heterocycles. The summed E-state index contributed by atoms with van der Waals surface area (Å²) in [4.78, 5) is 27.7. The van der Waals surface area contributed by atoms with Gasteiger partial charge in [0.15, 0.2) is 0 Å². The number of carbonyl (C=O) groups is 2. The molecule has 0 atom stereocenters. The van der Waals surface area contributed by atoms with Crippen LogP contribution in [0.4, 0.5) is 10.1 Å². The first-order chi connectivity index (χ1) is 10.6. The molecule has 1 fully saturated rings. The Morgan fingerprint density at radius 2 is 1.73 bits per heavy atom. The molecule has 1 heterocycles. The van der Waals surface area contributed by atoms with Crippen molar-refractivity contribution in [1.29, 1.82) is 0 Å². The van der Waals surface area contributed by atoms with Crippen molar-refractivity contribution in [1.82, 2.24) is 4.90 Å². The predicted molar refractivity (Wildman–Crippen MR) is 84.1 cm³/mol. The number of benzene rings is 1. The number of carbonyl (C=O) groups excluding carboxylic acids is 2. The molecular weight excluding hydrogens is 283 g/mol. The summed E-state index contributed by atoms with van der Waals surface area (Å²) >= 11 is 0. The Morgan fingerprint density at radius 1 is 1.14 bits per heavy atom. The zero-order chi connectivity index (χ0) is 16.1. The molecule has 4 nitrogen and oxygen atoms in total. The van der Waals surface area contributed by atoms with Gasteiger partial charge in [-0.05, 0) is 37.1 Å². The van der Waals surface area contributed by atoms with E-state index >= 15 is 0 Å². The highest BCUT2D eigenvalue weighted by Crippen LogP contribution is 2.25. The second-order valence-electron chi connectivity index (χ2n) is 5.56. The molecule has 0 spiro atoms. The summed E-state index contributed by atoms with van der Waals surface area (Å²) in [6.07, 6.45) is 2.44. The zero-order valence-electron chi connectivity index (χ0n) is 13.2. The first-order valence-electron chi connectivity index (χ1n) is 7.92. The number of nitrogens with zero attached hydrogens (tertiary/aromatic N) is 2. The monoisotopic (exact) mass is 306 g/mol. The fourth-order valence-electron chi connectivity index (χ4n) is 2.93. The van der Waals surface area contributed by atoms with Crippen molar-refractivity contribution in [2.45, 2.75) is 45.6 Å². The smallest absolute Gasteiger partial charge is 0.226 e. The molecule has 2 rings (SSSR count). The molecular formula is C17H23FN2O2. The third-order valence-electron chi connectivity index (χ3n) is 4.16. The van der Waals surface area contributed by atoms with E-state index in [1.165, 1.54) is 12.1 Å². The molecule has 0 aromatic heterocycles. The lowest BCUT2D eigenvalue weighted by Crippen LogP contribution is -2.48. The molecule has 22 heavy (non-hydrogen) atoms. The second kappa shape index (κ2) is 7.38. The number of hydrogen-bond donors (Lipinski definition) is 0. The number of hydrogen-bond acceptors (Lipinski definition) is 2. The Balaban J connectivity index is 2.13. The van der Waals surface area contributed by atoms with Gasteiger partial charge in [-0.3, -0.25) is 9.59 Å². The Labute approximate surface area is 130 Å². The summed E-state index contributed by atoms with van der Waals surface area (Å²) in [6.45, 7) is 5.03. The summed E-state index contributed by atoms with van der Waals surface area (Å²) in [5.74, 6) is -0.114. The highest BCUT2D eigenvalue weighted by molar-refractivity contribution is 5.93. The molecule has 5 heteroatoms. The van der Waals surface area contributed by atoms with Crippen molar-refractivity contribution in [3.63, 3.8) is 0 Å². The number of likely N-dealkylation sites (tertiary alicyclic amines) is 1. The Bertz CT molecular complexity index is 522. The third-order valence-corrected chi connectivity index (χ3v) is 4.16. The standard InChI is InChI=1S/C17H23FN2O2/c1-3-16(21)19-11-9-15(10-12-19)20(17(22)4-2)14-7-5-13(18)6-8-14/h5-8,15H,3-4,9-12H2,1-2H3. The zero-order valence-corrected chi connectivity index (χ0v) is 13.2. The maximum Gasteiger partial charge on any atom is 0.226 e. The van der Waals surface area contributed by atoms with E-state index in [2.05, 4.69) is 0 Å². The van der Waals surface area contributed by atoms with Crippen LogP contribution in [-0.4, -0.2) is 35.8 Å². The largest absolute Gasteiger partial charge is 0.343 e. The quantitative estimate of drug-likeness (QED) is 0.858. The molecule has 0 radical (unpaired) electrons. The van der Waals surface area contributed by atoms with E-state index in [9.17, 15) is 14.0 Å². The van der Waals surface area contributed by atoms with Crippen molar-refractivity contribution in [2.24, 2.45) is 0 Å². The van der Waals surface area contributed by atoms with Crippen LogP contribution in [-0.2, 0) is 9.59 Å². The summed E-state index contributed by atoms with van der Waals surface area (Å²) in [7, 11) is 0. The van der Waals surface area contributed by atoms with Gasteiger partial charge in [0.05, 0.1) is 0 Å². The van der Waals surface area contributed by atoms with Crippen LogP contribution in [0.5, 0.6) is 0 Å². The Hall–Kier alpha value is -1.91. The SMILES string of the molecule is CCC(=O)N1CCC(N(C(=O)CC)c2ccc(F)cc2)CC1. The van der Waals surface area contributed by atoms with Crippen LogP contribution in [0.3, 0.4) is 0 Å². The van der Waals surface area contributed by atoms with E-state index in [1.54, 1.807) is 17.0 Å². The van der Waals surface area contributed by atoms with Gasteiger partial charge >= 0.3 is 0 Å². The van der Waals surface area contributed by atoms with Gasteiger partial charge in [-0.1, -0.05) is 13.8 Å². The molecule has 120 valence electrons. The highest BCUT2D eigenvalue weighted by atomic mass is 19.1.